The van der Waals surface area contributed by atoms with Crippen LogP contribution in [0.15, 0.2) is 24.3 Å². The van der Waals surface area contributed by atoms with Crippen molar-refractivity contribution >= 4 is 5.97 Å². The van der Waals surface area contributed by atoms with Crippen molar-refractivity contribution in [2.45, 2.75) is 19.6 Å². The quantitative estimate of drug-likeness (QED) is 0.348. The maximum atomic E-state index is 13.5. The molecule has 0 aliphatic carbocycles. The molecule has 2 rings (SSSR count). The van der Waals surface area contributed by atoms with Crippen LogP contribution in [0.1, 0.15) is 18.1 Å². The Bertz CT molecular complexity index is 848. The van der Waals surface area contributed by atoms with Crippen LogP contribution in [0.25, 0.3) is 0 Å². The Kier molecular flexibility index (Phi) is 5.77. The summed E-state index contributed by atoms with van der Waals surface area (Å²) in [6.07, 6.45) is -1.23. The van der Waals surface area contributed by atoms with Gasteiger partial charge in [0, 0.05) is 0 Å². The van der Waals surface area contributed by atoms with Crippen LogP contribution in [0.2, 0.25) is 0 Å². The van der Waals surface area contributed by atoms with Gasteiger partial charge < -0.3 is 9.47 Å². The van der Waals surface area contributed by atoms with Crippen molar-refractivity contribution in [3.63, 3.8) is 0 Å². The van der Waals surface area contributed by atoms with Crippen LogP contribution in [-0.2, 0) is 16.1 Å². The molecule has 0 aliphatic rings. The van der Waals surface area contributed by atoms with E-state index in [4.69, 9.17) is 10.00 Å². The Hall–Kier alpha value is -3.15. The molecule has 0 heterocycles. The van der Waals surface area contributed by atoms with Crippen molar-refractivity contribution in [3.05, 3.63) is 64.5 Å². The summed E-state index contributed by atoms with van der Waals surface area (Å²) in [4.78, 5) is 11.8. The van der Waals surface area contributed by atoms with Crippen LogP contribution in [0.4, 0.5) is 22.0 Å². The number of nitrogens with zero attached hydrogens (tertiary/aromatic N) is 1. The number of carbonyl (C=O) groups is 1. The molecular formula is C17H10F5NO3. The third kappa shape index (κ3) is 3.91. The maximum absolute atomic E-state index is 13.5. The van der Waals surface area contributed by atoms with Crippen molar-refractivity contribution in [1.29, 1.82) is 5.26 Å². The van der Waals surface area contributed by atoms with Gasteiger partial charge in [0.25, 0.3) is 0 Å². The fourth-order valence-electron chi connectivity index (χ4n) is 1.90. The summed E-state index contributed by atoms with van der Waals surface area (Å²) in [5.41, 5.74) is -0.904. The number of hydrogen-bond donors (Lipinski definition) is 0. The second kappa shape index (κ2) is 7.82. The molecule has 0 saturated carbocycles. The van der Waals surface area contributed by atoms with E-state index in [1.165, 1.54) is 31.2 Å². The Morgan fingerprint density at radius 1 is 1.00 bits per heavy atom. The van der Waals surface area contributed by atoms with E-state index in [2.05, 4.69) is 4.74 Å². The van der Waals surface area contributed by atoms with E-state index in [1.54, 1.807) is 0 Å². The van der Waals surface area contributed by atoms with Crippen molar-refractivity contribution in [3.8, 4) is 11.8 Å². The highest BCUT2D eigenvalue weighted by molar-refractivity contribution is 5.74. The molecular weight excluding hydrogens is 361 g/mol. The largest absolute Gasteiger partial charge is 0.479 e. The fraction of sp³-hybridized carbons (Fsp3) is 0.176. The number of hydrogen-bond acceptors (Lipinski definition) is 4. The molecule has 0 bridgehead atoms. The average molecular weight is 371 g/mol. The monoisotopic (exact) mass is 371 g/mol. The van der Waals surface area contributed by atoms with Crippen molar-refractivity contribution in [2.24, 2.45) is 0 Å². The van der Waals surface area contributed by atoms with Crippen LogP contribution in [0, 0.1) is 40.4 Å². The molecule has 1 atom stereocenters. The molecule has 0 N–H and O–H groups in total. The third-order valence-electron chi connectivity index (χ3n) is 3.29. The highest BCUT2D eigenvalue weighted by Gasteiger charge is 2.27. The standard InChI is InChI=1S/C17H10F5NO3/c1-8(26-10-4-2-9(6-23)3-5-10)17(24)25-7-11-12(18)14(20)16(22)15(21)13(11)19/h2-5,8H,7H2,1H3/t8-/m1/s1. The summed E-state index contributed by atoms with van der Waals surface area (Å²) in [6, 6.07) is 7.57. The SMILES string of the molecule is C[C@@H](Oc1ccc(C#N)cc1)C(=O)OCc1c(F)c(F)c(F)c(F)c1F. The summed E-state index contributed by atoms with van der Waals surface area (Å²) < 4.78 is 75.9. The minimum atomic E-state index is -2.30. The first-order valence-electron chi connectivity index (χ1n) is 7.10. The van der Waals surface area contributed by atoms with E-state index < -0.39 is 53.3 Å². The van der Waals surface area contributed by atoms with E-state index in [9.17, 15) is 26.7 Å². The molecule has 9 heteroatoms. The van der Waals surface area contributed by atoms with Gasteiger partial charge in [-0.25, -0.2) is 26.7 Å². The van der Waals surface area contributed by atoms with Gasteiger partial charge in [-0.15, -0.1) is 0 Å². The maximum Gasteiger partial charge on any atom is 0.347 e. The molecule has 136 valence electrons. The first-order chi connectivity index (χ1) is 12.3. The molecule has 2 aromatic rings. The van der Waals surface area contributed by atoms with Crippen LogP contribution in [-0.4, -0.2) is 12.1 Å². The second-order valence-corrected chi connectivity index (χ2v) is 5.05. The lowest BCUT2D eigenvalue weighted by molar-refractivity contribution is -0.152. The lowest BCUT2D eigenvalue weighted by Gasteiger charge is -2.15. The Morgan fingerprint density at radius 2 is 1.50 bits per heavy atom. The summed E-state index contributed by atoms with van der Waals surface area (Å²) >= 11 is 0. The normalized spacial score (nSPS) is 11.6. The van der Waals surface area contributed by atoms with Crippen molar-refractivity contribution < 1.29 is 36.2 Å². The van der Waals surface area contributed by atoms with E-state index in [0.717, 1.165) is 0 Å². The smallest absolute Gasteiger partial charge is 0.347 e. The number of rotatable bonds is 5. The van der Waals surface area contributed by atoms with Gasteiger partial charge in [-0.3, -0.25) is 0 Å². The van der Waals surface area contributed by atoms with Gasteiger partial charge in [-0.2, -0.15) is 5.26 Å². The first-order valence-corrected chi connectivity index (χ1v) is 7.10. The predicted octanol–water partition coefficient (Wildman–Crippen LogP) is 3.76. The predicted molar refractivity (Wildman–Crippen MR) is 77.3 cm³/mol. The molecule has 0 fully saturated rings. The summed E-state index contributed by atoms with van der Waals surface area (Å²) in [5, 5.41) is 8.67. The van der Waals surface area contributed by atoms with Gasteiger partial charge >= 0.3 is 5.97 Å². The lowest BCUT2D eigenvalue weighted by atomic mass is 10.2. The Labute approximate surface area is 144 Å². The third-order valence-corrected chi connectivity index (χ3v) is 3.29. The number of carbonyl (C=O) groups excluding carboxylic acids is 1. The highest BCUT2D eigenvalue weighted by Crippen LogP contribution is 2.24. The zero-order chi connectivity index (χ0) is 19.4. The minimum absolute atomic E-state index is 0.213. The second-order valence-electron chi connectivity index (χ2n) is 5.05. The molecule has 2 aromatic carbocycles. The van der Waals surface area contributed by atoms with Gasteiger partial charge in [-0.05, 0) is 31.2 Å². The first kappa shape index (κ1) is 19.2. The number of esters is 1. The Morgan fingerprint density at radius 3 is 2.00 bits per heavy atom. The molecule has 0 saturated heterocycles. The molecule has 26 heavy (non-hydrogen) atoms. The van der Waals surface area contributed by atoms with Gasteiger partial charge in [0.2, 0.25) is 5.82 Å². The lowest BCUT2D eigenvalue weighted by Crippen LogP contribution is -2.26. The topological polar surface area (TPSA) is 59.3 Å². The van der Waals surface area contributed by atoms with Crippen LogP contribution in [0.3, 0.4) is 0 Å². The summed E-state index contributed by atoms with van der Waals surface area (Å²) in [7, 11) is 0. The van der Waals surface area contributed by atoms with Gasteiger partial charge in [-0.1, -0.05) is 0 Å². The van der Waals surface area contributed by atoms with Crippen molar-refractivity contribution in [2.75, 3.05) is 0 Å². The van der Waals surface area contributed by atoms with Crippen LogP contribution >= 0.6 is 0 Å². The molecule has 0 amide bonds. The van der Waals surface area contributed by atoms with E-state index >= 15 is 0 Å². The van der Waals surface area contributed by atoms with Gasteiger partial charge in [0.05, 0.1) is 17.2 Å². The zero-order valence-corrected chi connectivity index (χ0v) is 13.2. The molecule has 0 unspecified atom stereocenters. The Balaban J connectivity index is 2.05. The molecule has 0 spiro atoms. The van der Waals surface area contributed by atoms with Gasteiger partial charge in [0.1, 0.15) is 12.4 Å². The summed E-state index contributed by atoms with van der Waals surface area (Å²) in [5.74, 6) is -11.6. The number of halogens is 5. The minimum Gasteiger partial charge on any atom is -0.479 e. The van der Waals surface area contributed by atoms with Crippen molar-refractivity contribution in [1.82, 2.24) is 0 Å². The molecule has 0 aliphatic heterocycles. The highest BCUT2D eigenvalue weighted by atomic mass is 19.2. The van der Waals surface area contributed by atoms with Crippen LogP contribution in [0.5, 0.6) is 5.75 Å². The number of ether oxygens (including phenoxy) is 2. The van der Waals surface area contributed by atoms with E-state index in [-0.39, 0.29) is 5.75 Å². The molecule has 4 nitrogen and oxygen atoms in total. The molecule has 0 radical (unpaired) electrons. The van der Waals surface area contributed by atoms with Crippen LogP contribution < -0.4 is 4.74 Å². The van der Waals surface area contributed by atoms with Gasteiger partial charge in [0.15, 0.2) is 29.4 Å². The molecule has 0 aromatic heterocycles. The zero-order valence-electron chi connectivity index (χ0n) is 13.2. The number of nitriles is 1. The summed E-state index contributed by atoms with van der Waals surface area (Å²) in [6.45, 7) is 0.102. The average Bonchev–Trinajstić information content (AvgIpc) is 2.65. The fourth-order valence-corrected chi connectivity index (χ4v) is 1.90. The van der Waals surface area contributed by atoms with E-state index in [0.29, 0.717) is 5.56 Å². The van der Waals surface area contributed by atoms with E-state index in [1.807, 2.05) is 6.07 Å². The number of benzene rings is 2.